The van der Waals surface area contributed by atoms with Crippen LogP contribution < -0.4 is 50.7 Å². The normalized spacial score (nSPS) is 15.0. The standard InChI is InChI=1S/C25H38F2O5.C21H26F2O6.C20H26F2O5.2C18H15S.C12H10I/c1-14(2)19(25(26,27)21(29)30)31-20(28)15-12-16(22(3,4)5)18(32-24(9,10)11)17(13-15)23(6,7)8;22-21(23,20(25)26)18(14-6-2-1-3-7-14)29-19(24)15-9-11-16(12-10-15)28-17-8-4-5-13-27-17;1-19(2,3)27-15-11-9-14(10-12-15)17(23)26-16(20(21,22)18(24)25)13-7-5-4-6-8-13;2*1-4-10-16(11-5-1)19(17-12-6-2-7-13-17)18-14-8-3-9-15-18;1-3-7-11(8-4-1)13-12-9-5-2-6-10-12/h12-14,19H,1-11H3,(H,29,30);9-12,14,17-18H,1-8,13H2,(H,25,26);9-13,16H,4-8H2,1-3H3,(H,24,25);2*1-15H;1-10H/q;;;3*+1/p-3. The number of carboxylic acids is 3. The van der Waals surface area contributed by atoms with Gasteiger partial charge in [0.1, 0.15) is 46.4 Å². The van der Waals surface area contributed by atoms with Crippen molar-refractivity contribution >= 4 is 57.6 Å². The van der Waals surface area contributed by atoms with Gasteiger partial charge in [-0.2, -0.15) is 26.3 Å². The van der Waals surface area contributed by atoms with Crippen LogP contribution in [0.5, 0.6) is 17.2 Å². The summed E-state index contributed by atoms with van der Waals surface area (Å²) in [6.45, 7) is 26.5. The molecule has 16 nitrogen and oxygen atoms in total. The second-order valence-corrected chi connectivity index (χ2v) is 45.3. The number of halogens is 7. The highest BCUT2D eigenvalue weighted by molar-refractivity contribution is 7.97. The molecule has 0 radical (unpaired) electrons. The van der Waals surface area contributed by atoms with Crippen molar-refractivity contribution in [2.45, 2.75) is 274 Å². The van der Waals surface area contributed by atoms with Crippen molar-refractivity contribution in [1.29, 1.82) is 0 Å². The highest BCUT2D eigenvalue weighted by Crippen LogP contribution is 2.45. The molecule has 11 aromatic carbocycles. The molecule has 4 atom stereocenters. The predicted octanol–water partition coefficient (Wildman–Crippen LogP) is 20.8. The molecule has 2 saturated carbocycles. The zero-order chi connectivity index (χ0) is 101. The van der Waals surface area contributed by atoms with E-state index in [0.29, 0.717) is 75.2 Å². The van der Waals surface area contributed by atoms with E-state index in [9.17, 15) is 70.4 Å². The number of rotatable bonds is 27. The monoisotopic (exact) mass is 2060 g/mol. The van der Waals surface area contributed by atoms with Gasteiger partial charge in [-0.1, -0.05) is 240 Å². The molecule has 25 heteroatoms. The van der Waals surface area contributed by atoms with Crippen LogP contribution in [0.25, 0.3) is 0 Å². The molecule has 1 aliphatic heterocycles. The fourth-order valence-corrected chi connectivity index (χ4v) is 22.0. The maximum Gasteiger partial charge on any atom is 0.357 e. The lowest BCUT2D eigenvalue weighted by molar-refractivity contribution is -0.597. The number of alkyl halides is 6. The number of carbonyl (C=O) groups excluding carboxylic acids is 6. The lowest BCUT2D eigenvalue weighted by Gasteiger charge is -2.35. The molecule has 740 valence electrons. The molecule has 4 unspecified atom stereocenters. The SMILES string of the molecule is CC(C)(C)Oc1ccc(C(=O)OC(C2CCCCC2)C(F)(F)C(=O)[O-])cc1.CC(C)C(OC(=O)c1cc(C(C)(C)C)c(OC(C)(C)C)c(C(C)(C)C)c1)C(F)(F)C(=O)[O-].O=C(OC(C1CCCCC1)C(F)(F)C(=O)[O-])c1ccc(OC2CCCCO2)cc1.c1ccc([I+]c2ccccc2)cc1.c1ccc([S+](c2ccccc2)c2ccccc2)cc1.c1ccc([S+](c2ccccc2)c2ccccc2)cc1. The second-order valence-electron chi connectivity index (χ2n) is 38.2. The minimum Gasteiger partial charge on any atom is -0.544 e. The van der Waals surface area contributed by atoms with E-state index in [4.69, 9.17) is 33.2 Å². The lowest BCUT2D eigenvalue weighted by atomic mass is 9.78. The van der Waals surface area contributed by atoms with Crippen LogP contribution in [0.1, 0.15) is 223 Å². The fourth-order valence-electron chi connectivity index (χ4n) is 15.5. The third kappa shape index (κ3) is 34.5. The van der Waals surface area contributed by atoms with Gasteiger partial charge in [0.15, 0.2) is 61.1 Å². The average molecular weight is 2060 g/mol. The van der Waals surface area contributed by atoms with Crippen molar-refractivity contribution in [3.05, 3.63) is 338 Å². The molecular weight excluding hydrogens is 1930 g/mol. The number of hydrogen-bond donors (Lipinski definition) is 0. The summed E-state index contributed by atoms with van der Waals surface area (Å²) in [5.74, 6) is -24.2. The van der Waals surface area contributed by atoms with Gasteiger partial charge in [0.05, 0.1) is 45.1 Å². The Morgan fingerprint density at radius 2 is 0.633 bits per heavy atom. The van der Waals surface area contributed by atoms with Gasteiger partial charge in [-0.05, 0) is 255 Å². The predicted molar refractivity (Wildman–Crippen MR) is 520 cm³/mol. The third-order valence-electron chi connectivity index (χ3n) is 22.3. The zero-order valence-corrected chi connectivity index (χ0v) is 85.1. The smallest absolute Gasteiger partial charge is 0.357 e. The van der Waals surface area contributed by atoms with Gasteiger partial charge in [-0.15, -0.1) is 0 Å². The van der Waals surface area contributed by atoms with Gasteiger partial charge in [-0.3, -0.25) is 0 Å². The highest BCUT2D eigenvalue weighted by Gasteiger charge is 2.51. The first kappa shape index (κ1) is 111. The molecule has 11 aromatic rings. The van der Waals surface area contributed by atoms with Gasteiger partial charge < -0.3 is 62.9 Å². The van der Waals surface area contributed by atoms with Crippen LogP contribution in [0.15, 0.2) is 333 Å². The summed E-state index contributed by atoms with van der Waals surface area (Å²) < 4.78 is 126. The summed E-state index contributed by atoms with van der Waals surface area (Å²) in [5.41, 5.74) is -0.235. The average Bonchev–Trinajstić information content (AvgIpc) is 0.758. The molecule has 1 saturated heterocycles. The van der Waals surface area contributed by atoms with Crippen molar-refractivity contribution in [3.63, 3.8) is 0 Å². The summed E-state index contributed by atoms with van der Waals surface area (Å²) in [7, 11) is -0.0293. The van der Waals surface area contributed by atoms with Gasteiger partial charge in [0, 0.05) is 29.4 Å². The minimum atomic E-state index is -4.32. The summed E-state index contributed by atoms with van der Waals surface area (Å²) in [6, 6.07) is 101. The number of hydrogen-bond acceptors (Lipinski definition) is 16. The van der Waals surface area contributed by atoms with E-state index in [1.165, 1.54) is 98.9 Å². The lowest BCUT2D eigenvalue weighted by Crippen LogP contribution is -3.61. The Balaban J connectivity index is 0.000000190. The summed E-state index contributed by atoms with van der Waals surface area (Å²) >= 11 is 0.0287. The van der Waals surface area contributed by atoms with E-state index >= 15 is 0 Å². The Hall–Kier alpha value is -11.4. The van der Waals surface area contributed by atoms with Crippen LogP contribution in [-0.2, 0) is 66.0 Å². The first-order chi connectivity index (χ1) is 65.8. The van der Waals surface area contributed by atoms with Crippen molar-refractivity contribution in [2.24, 2.45) is 17.8 Å². The maximum atomic E-state index is 14.2. The van der Waals surface area contributed by atoms with Gasteiger partial charge in [0.2, 0.25) is 0 Å². The van der Waals surface area contributed by atoms with Crippen molar-refractivity contribution in [3.8, 4) is 17.2 Å². The second kappa shape index (κ2) is 52.2. The van der Waals surface area contributed by atoms with Gasteiger partial charge in [0.25, 0.3) is 0 Å². The molecule has 0 spiro atoms. The zero-order valence-electron chi connectivity index (χ0n) is 81.3. The number of aliphatic carboxylic acids is 3. The first-order valence-electron chi connectivity index (χ1n) is 46.8. The van der Waals surface area contributed by atoms with Gasteiger partial charge >= 0.3 is 56.9 Å². The van der Waals surface area contributed by atoms with E-state index in [1.807, 2.05) is 83.1 Å². The van der Waals surface area contributed by atoms with Crippen LogP contribution in [0.4, 0.5) is 26.3 Å². The van der Waals surface area contributed by atoms with Crippen LogP contribution in [0.3, 0.4) is 0 Å². The largest absolute Gasteiger partial charge is 0.544 e. The van der Waals surface area contributed by atoms with Crippen LogP contribution in [0, 0.1) is 24.9 Å². The van der Waals surface area contributed by atoms with Crippen LogP contribution >= 0.6 is 0 Å². The van der Waals surface area contributed by atoms with E-state index in [1.54, 1.807) is 12.1 Å². The maximum absolute atomic E-state index is 14.2. The van der Waals surface area contributed by atoms with Crippen molar-refractivity contribution in [1.82, 2.24) is 0 Å². The fraction of sp³-hybridized carbons (Fsp3) is 0.368. The number of esters is 3. The van der Waals surface area contributed by atoms with E-state index in [2.05, 4.69) is 243 Å². The minimum absolute atomic E-state index is 0.0146. The number of carbonyl (C=O) groups is 6. The van der Waals surface area contributed by atoms with Gasteiger partial charge in [-0.25, -0.2) is 14.4 Å². The summed E-state index contributed by atoms with van der Waals surface area (Å²) in [6.07, 6.45) is 2.26. The Bertz CT molecular complexity index is 5220. The number of benzene rings is 11. The van der Waals surface area contributed by atoms with Crippen LogP contribution in [-0.4, -0.2) is 96.0 Å². The van der Waals surface area contributed by atoms with E-state index in [0.717, 1.165) is 43.2 Å². The molecule has 3 fully saturated rings. The molecule has 1 heterocycles. The van der Waals surface area contributed by atoms with E-state index < -0.39 is 112 Å². The topological polar surface area (TPSA) is 236 Å². The summed E-state index contributed by atoms with van der Waals surface area (Å²) in [5, 5.41) is 32.9. The molecule has 3 aliphatic rings. The van der Waals surface area contributed by atoms with Crippen molar-refractivity contribution < 1.29 is 125 Å². The molecule has 2 aliphatic carbocycles. The number of carboxylic acid groups (broad SMARTS) is 3. The Morgan fingerprint density at radius 1 is 0.345 bits per heavy atom. The number of ether oxygens (including phenoxy) is 7. The first-order valence-corrected chi connectivity index (χ1v) is 51.4. The quantitative estimate of drug-likeness (QED) is 0.0153. The molecule has 139 heavy (non-hydrogen) atoms. The molecule has 0 bridgehead atoms. The molecule has 14 rings (SSSR count). The molecule has 0 N–H and O–H groups in total. The molecule has 0 aromatic heterocycles. The Kier molecular flexibility index (Phi) is 41.8. The molecular formula is C114H127F6IO16S2. The van der Waals surface area contributed by atoms with E-state index in [-0.39, 0.29) is 66.0 Å². The van der Waals surface area contributed by atoms with Crippen molar-refractivity contribution in [2.75, 3.05) is 6.61 Å². The molecule has 0 amide bonds. The Morgan fingerprint density at radius 3 is 0.906 bits per heavy atom. The summed E-state index contributed by atoms with van der Waals surface area (Å²) in [4.78, 5) is 78.8. The third-order valence-corrected chi connectivity index (χ3v) is 29.4. The Labute approximate surface area is 830 Å². The highest BCUT2D eigenvalue weighted by atomic mass is 127. The van der Waals surface area contributed by atoms with Crippen LogP contribution in [0.2, 0.25) is 0 Å².